The number of hydrogen-bond acceptors (Lipinski definition) is 2. The van der Waals surface area contributed by atoms with Crippen molar-refractivity contribution in [3.8, 4) is 5.75 Å². The molecule has 0 N–H and O–H groups in total. The lowest BCUT2D eigenvalue weighted by Crippen LogP contribution is -1.93. The van der Waals surface area contributed by atoms with Gasteiger partial charge in [0.2, 0.25) is 0 Å². The third kappa shape index (κ3) is 2.57. The van der Waals surface area contributed by atoms with Gasteiger partial charge in [0.1, 0.15) is 5.75 Å². The molecule has 1 aromatic heterocycles. The van der Waals surface area contributed by atoms with Crippen molar-refractivity contribution in [2.75, 3.05) is 6.61 Å². The van der Waals surface area contributed by atoms with Gasteiger partial charge < -0.3 is 4.74 Å². The Morgan fingerprint density at radius 1 is 1.25 bits per heavy atom. The zero-order chi connectivity index (χ0) is 11.4. The van der Waals surface area contributed by atoms with Crippen LogP contribution in [-0.2, 0) is 0 Å². The van der Waals surface area contributed by atoms with Crippen molar-refractivity contribution >= 4 is 22.9 Å². The van der Waals surface area contributed by atoms with Crippen molar-refractivity contribution < 1.29 is 4.74 Å². The minimum absolute atomic E-state index is 0.0596. The van der Waals surface area contributed by atoms with Crippen LogP contribution in [0.4, 0.5) is 0 Å². The molecule has 1 nitrogen and oxygen atoms in total. The van der Waals surface area contributed by atoms with Crippen LogP contribution in [-0.4, -0.2) is 6.61 Å². The maximum atomic E-state index is 6.37. The van der Waals surface area contributed by atoms with Gasteiger partial charge in [-0.15, -0.1) is 22.9 Å². The summed E-state index contributed by atoms with van der Waals surface area (Å²) in [6.07, 6.45) is 0. The Bertz CT molecular complexity index is 422. The van der Waals surface area contributed by atoms with Gasteiger partial charge in [0.15, 0.2) is 0 Å². The Hall–Kier alpha value is -0.990. The van der Waals surface area contributed by atoms with Crippen molar-refractivity contribution in [2.45, 2.75) is 12.3 Å². The van der Waals surface area contributed by atoms with Crippen molar-refractivity contribution in [2.24, 2.45) is 0 Å². The molecule has 3 heteroatoms. The SMILES string of the molecule is CCOc1ccc(C(Cl)c2cccs2)cc1. The second-order valence-corrected chi connectivity index (χ2v) is 4.80. The molecular formula is C13H13ClOS. The largest absolute Gasteiger partial charge is 0.494 e. The average Bonchev–Trinajstić information content (AvgIpc) is 2.83. The number of ether oxygens (including phenoxy) is 1. The van der Waals surface area contributed by atoms with Crippen LogP contribution < -0.4 is 4.74 Å². The molecule has 16 heavy (non-hydrogen) atoms. The Morgan fingerprint density at radius 2 is 2.00 bits per heavy atom. The fourth-order valence-corrected chi connectivity index (χ4v) is 2.60. The zero-order valence-corrected chi connectivity index (χ0v) is 10.6. The Labute approximate surface area is 105 Å². The molecule has 0 saturated heterocycles. The van der Waals surface area contributed by atoms with E-state index in [1.807, 2.05) is 42.6 Å². The lowest BCUT2D eigenvalue weighted by Gasteiger charge is -2.09. The van der Waals surface area contributed by atoms with E-state index in [0.717, 1.165) is 11.3 Å². The van der Waals surface area contributed by atoms with Gasteiger partial charge in [-0.25, -0.2) is 0 Å². The summed E-state index contributed by atoms with van der Waals surface area (Å²) in [6, 6.07) is 12.0. The van der Waals surface area contributed by atoms with Crippen LogP contribution in [0.25, 0.3) is 0 Å². The predicted octanol–water partition coefficient (Wildman–Crippen LogP) is 4.48. The summed E-state index contributed by atoms with van der Waals surface area (Å²) in [5.41, 5.74) is 1.10. The number of hydrogen-bond donors (Lipinski definition) is 0. The second-order valence-electron chi connectivity index (χ2n) is 3.38. The number of rotatable bonds is 4. The van der Waals surface area contributed by atoms with Crippen LogP contribution >= 0.6 is 22.9 Å². The fraction of sp³-hybridized carbons (Fsp3) is 0.231. The van der Waals surface area contributed by atoms with Gasteiger partial charge in [-0.05, 0) is 36.1 Å². The van der Waals surface area contributed by atoms with Crippen molar-refractivity contribution in [1.82, 2.24) is 0 Å². The first-order valence-electron chi connectivity index (χ1n) is 5.21. The van der Waals surface area contributed by atoms with E-state index in [4.69, 9.17) is 16.3 Å². The molecule has 2 rings (SSSR count). The quantitative estimate of drug-likeness (QED) is 0.730. The maximum Gasteiger partial charge on any atom is 0.119 e. The molecule has 0 saturated carbocycles. The van der Waals surface area contributed by atoms with E-state index in [9.17, 15) is 0 Å². The van der Waals surface area contributed by atoms with Crippen LogP contribution in [0.15, 0.2) is 41.8 Å². The molecule has 0 radical (unpaired) electrons. The van der Waals surface area contributed by atoms with Gasteiger partial charge in [-0.1, -0.05) is 18.2 Å². The lowest BCUT2D eigenvalue weighted by atomic mass is 10.1. The van der Waals surface area contributed by atoms with E-state index >= 15 is 0 Å². The third-order valence-electron chi connectivity index (χ3n) is 2.28. The topological polar surface area (TPSA) is 9.23 Å². The van der Waals surface area contributed by atoms with Crippen LogP contribution in [0.5, 0.6) is 5.75 Å². The molecule has 0 fully saturated rings. The van der Waals surface area contributed by atoms with Crippen LogP contribution in [0.1, 0.15) is 22.7 Å². The Kier molecular flexibility index (Phi) is 3.86. The molecule has 0 spiro atoms. The molecule has 0 aliphatic heterocycles. The highest BCUT2D eigenvalue weighted by molar-refractivity contribution is 7.10. The molecule has 0 bridgehead atoms. The molecule has 1 unspecified atom stereocenters. The van der Waals surface area contributed by atoms with Crippen molar-refractivity contribution in [3.63, 3.8) is 0 Å². The number of thiophene rings is 1. The van der Waals surface area contributed by atoms with Crippen molar-refractivity contribution in [3.05, 3.63) is 52.2 Å². The van der Waals surface area contributed by atoms with Gasteiger partial charge in [-0.2, -0.15) is 0 Å². The molecule has 1 heterocycles. The molecular weight excluding hydrogens is 240 g/mol. The minimum Gasteiger partial charge on any atom is -0.494 e. The van der Waals surface area contributed by atoms with E-state index < -0.39 is 0 Å². The highest BCUT2D eigenvalue weighted by Crippen LogP contribution is 2.32. The molecule has 0 aliphatic rings. The molecule has 0 aliphatic carbocycles. The van der Waals surface area contributed by atoms with Gasteiger partial charge in [-0.3, -0.25) is 0 Å². The van der Waals surface area contributed by atoms with Gasteiger partial charge in [0.05, 0.1) is 12.0 Å². The summed E-state index contributed by atoms with van der Waals surface area (Å²) in [5, 5.41) is 1.98. The van der Waals surface area contributed by atoms with E-state index in [1.54, 1.807) is 11.3 Å². The van der Waals surface area contributed by atoms with E-state index in [-0.39, 0.29) is 5.38 Å². The summed E-state index contributed by atoms with van der Waals surface area (Å²) >= 11 is 8.05. The summed E-state index contributed by atoms with van der Waals surface area (Å²) in [5.74, 6) is 0.890. The van der Waals surface area contributed by atoms with E-state index in [1.165, 1.54) is 4.88 Å². The number of benzene rings is 1. The first kappa shape index (κ1) is 11.5. The summed E-state index contributed by atoms with van der Waals surface area (Å²) in [7, 11) is 0. The highest BCUT2D eigenvalue weighted by Gasteiger charge is 2.11. The smallest absolute Gasteiger partial charge is 0.119 e. The van der Waals surface area contributed by atoms with Crippen LogP contribution in [0.2, 0.25) is 0 Å². The van der Waals surface area contributed by atoms with Gasteiger partial charge >= 0.3 is 0 Å². The average molecular weight is 253 g/mol. The molecule has 1 atom stereocenters. The first-order valence-corrected chi connectivity index (χ1v) is 6.53. The normalized spacial score (nSPS) is 12.4. The fourth-order valence-electron chi connectivity index (χ4n) is 1.50. The van der Waals surface area contributed by atoms with Gasteiger partial charge in [0, 0.05) is 4.88 Å². The molecule has 1 aromatic carbocycles. The summed E-state index contributed by atoms with van der Waals surface area (Å²) in [4.78, 5) is 1.17. The molecule has 0 amide bonds. The standard InChI is InChI=1S/C13H13ClOS/c1-2-15-11-7-5-10(6-8-11)13(14)12-4-3-9-16-12/h3-9,13H,2H2,1H3. The van der Waals surface area contributed by atoms with Gasteiger partial charge in [0.25, 0.3) is 0 Å². The monoisotopic (exact) mass is 252 g/mol. The maximum absolute atomic E-state index is 6.37. The molecule has 2 aromatic rings. The van der Waals surface area contributed by atoms with Crippen LogP contribution in [0, 0.1) is 0 Å². The van der Waals surface area contributed by atoms with E-state index in [2.05, 4.69) is 6.07 Å². The Balaban J connectivity index is 2.15. The highest BCUT2D eigenvalue weighted by atomic mass is 35.5. The number of alkyl halides is 1. The summed E-state index contributed by atoms with van der Waals surface area (Å²) < 4.78 is 5.39. The third-order valence-corrected chi connectivity index (χ3v) is 3.83. The van der Waals surface area contributed by atoms with Crippen molar-refractivity contribution in [1.29, 1.82) is 0 Å². The second kappa shape index (κ2) is 5.37. The Morgan fingerprint density at radius 3 is 2.56 bits per heavy atom. The first-order chi connectivity index (χ1) is 7.81. The predicted molar refractivity (Wildman–Crippen MR) is 69.6 cm³/mol. The minimum atomic E-state index is -0.0596. The molecule has 84 valence electrons. The summed E-state index contributed by atoms with van der Waals surface area (Å²) in [6.45, 7) is 2.67. The number of halogens is 1. The lowest BCUT2D eigenvalue weighted by molar-refractivity contribution is 0.340. The van der Waals surface area contributed by atoms with Crippen LogP contribution in [0.3, 0.4) is 0 Å². The van der Waals surface area contributed by atoms with E-state index in [0.29, 0.717) is 6.61 Å². The zero-order valence-electron chi connectivity index (χ0n) is 9.02.